The molecule has 0 aromatic carbocycles. The lowest BCUT2D eigenvalue weighted by Crippen LogP contribution is -2.32. The Balaban J connectivity index is 1.79. The molecule has 0 bridgehead atoms. The summed E-state index contributed by atoms with van der Waals surface area (Å²) in [5.41, 5.74) is 4.07. The van der Waals surface area contributed by atoms with Gasteiger partial charge in [-0.3, -0.25) is 4.79 Å². The minimum absolute atomic E-state index is 0.0810. The van der Waals surface area contributed by atoms with Crippen molar-refractivity contribution in [2.75, 3.05) is 27.2 Å². The molecule has 1 amide bonds. The zero-order valence-electron chi connectivity index (χ0n) is 13.2. The van der Waals surface area contributed by atoms with Gasteiger partial charge in [-0.25, -0.2) is 0 Å². The van der Waals surface area contributed by atoms with Gasteiger partial charge in [0.1, 0.15) is 0 Å². The SMILES string of the molecule is CN(C)CCN1C2=CC=CC3C(=O)N=NC4CCCC1=C4C23. The van der Waals surface area contributed by atoms with Gasteiger partial charge in [0.2, 0.25) is 0 Å². The molecule has 2 heterocycles. The van der Waals surface area contributed by atoms with Gasteiger partial charge in [0, 0.05) is 30.4 Å². The van der Waals surface area contributed by atoms with Crippen molar-refractivity contribution in [2.45, 2.75) is 25.3 Å². The average molecular weight is 298 g/mol. The number of nitrogens with zero attached hydrogens (tertiary/aromatic N) is 4. The molecular weight excluding hydrogens is 276 g/mol. The minimum atomic E-state index is -0.152. The van der Waals surface area contributed by atoms with E-state index in [0.717, 1.165) is 32.4 Å². The van der Waals surface area contributed by atoms with Crippen molar-refractivity contribution in [3.05, 3.63) is 35.2 Å². The number of allylic oxidation sites excluding steroid dienone is 4. The fourth-order valence-electron chi connectivity index (χ4n) is 4.17. The van der Waals surface area contributed by atoms with Gasteiger partial charge in [-0.05, 0) is 45.0 Å². The molecular formula is C17H22N4O. The lowest BCUT2D eigenvalue weighted by molar-refractivity contribution is -0.121. The summed E-state index contributed by atoms with van der Waals surface area (Å²) in [6.45, 7) is 1.99. The van der Waals surface area contributed by atoms with Crippen molar-refractivity contribution in [2.24, 2.45) is 22.1 Å². The van der Waals surface area contributed by atoms with Crippen molar-refractivity contribution in [1.29, 1.82) is 0 Å². The molecule has 3 atom stereocenters. The van der Waals surface area contributed by atoms with Gasteiger partial charge < -0.3 is 9.80 Å². The Bertz CT molecular complexity index is 629. The summed E-state index contributed by atoms with van der Waals surface area (Å²) in [6, 6.07) is 0.113. The van der Waals surface area contributed by atoms with Crippen molar-refractivity contribution in [1.82, 2.24) is 9.80 Å². The van der Waals surface area contributed by atoms with Crippen LogP contribution in [-0.2, 0) is 4.79 Å². The van der Waals surface area contributed by atoms with Crippen LogP contribution in [0.4, 0.5) is 0 Å². The molecule has 22 heavy (non-hydrogen) atoms. The molecule has 4 aliphatic rings. The third-order valence-corrected chi connectivity index (χ3v) is 5.17. The number of hydrogen-bond donors (Lipinski definition) is 0. The largest absolute Gasteiger partial charge is 0.347 e. The van der Waals surface area contributed by atoms with E-state index in [1.165, 1.54) is 17.0 Å². The van der Waals surface area contributed by atoms with Crippen molar-refractivity contribution in [3.8, 4) is 0 Å². The second-order valence-electron chi connectivity index (χ2n) is 6.80. The van der Waals surface area contributed by atoms with Crippen molar-refractivity contribution >= 4 is 5.91 Å². The second-order valence-corrected chi connectivity index (χ2v) is 6.80. The van der Waals surface area contributed by atoms with Gasteiger partial charge in [0.25, 0.3) is 5.91 Å². The lowest BCUT2D eigenvalue weighted by atomic mass is 9.77. The summed E-state index contributed by atoms with van der Waals surface area (Å²) in [7, 11) is 4.21. The van der Waals surface area contributed by atoms with E-state index in [4.69, 9.17) is 0 Å². The van der Waals surface area contributed by atoms with Gasteiger partial charge in [-0.15, -0.1) is 5.11 Å². The van der Waals surface area contributed by atoms with Crippen LogP contribution in [0.1, 0.15) is 19.3 Å². The summed E-state index contributed by atoms with van der Waals surface area (Å²) >= 11 is 0. The number of amides is 1. The van der Waals surface area contributed by atoms with E-state index in [9.17, 15) is 4.79 Å². The van der Waals surface area contributed by atoms with Crippen LogP contribution in [0, 0.1) is 11.8 Å². The Morgan fingerprint density at radius 2 is 2.27 bits per heavy atom. The van der Waals surface area contributed by atoms with Gasteiger partial charge in [-0.1, -0.05) is 12.2 Å². The Morgan fingerprint density at radius 3 is 3.09 bits per heavy atom. The van der Waals surface area contributed by atoms with E-state index < -0.39 is 0 Å². The highest BCUT2D eigenvalue weighted by Gasteiger charge is 2.48. The maximum absolute atomic E-state index is 12.3. The first kappa shape index (κ1) is 13.9. The molecule has 0 aromatic rings. The van der Waals surface area contributed by atoms with Crippen LogP contribution in [0.3, 0.4) is 0 Å². The second kappa shape index (κ2) is 5.16. The molecule has 0 saturated carbocycles. The number of hydrogen-bond acceptors (Lipinski definition) is 4. The molecule has 2 aliphatic heterocycles. The maximum atomic E-state index is 12.3. The molecule has 0 N–H and O–H groups in total. The predicted octanol–water partition coefficient (Wildman–Crippen LogP) is 2.35. The summed E-state index contributed by atoms with van der Waals surface area (Å²) in [4.78, 5) is 17.0. The Kier molecular flexibility index (Phi) is 3.26. The first-order chi connectivity index (χ1) is 10.7. The normalized spacial score (nSPS) is 32.5. The molecule has 5 heteroatoms. The maximum Gasteiger partial charge on any atom is 0.272 e. The lowest BCUT2D eigenvalue weighted by Gasteiger charge is -2.30. The van der Waals surface area contributed by atoms with E-state index in [-0.39, 0.29) is 23.8 Å². The predicted molar refractivity (Wildman–Crippen MR) is 84.0 cm³/mol. The zero-order valence-corrected chi connectivity index (χ0v) is 13.2. The third kappa shape index (κ3) is 1.99. The van der Waals surface area contributed by atoms with Crippen molar-refractivity contribution < 1.29 is 4.79 Å². The summed E-state index contributed by atoms with van der Waals surface area (Å²) in [6.07, 6.45) is 9.47. The molecule has 0 spiro atoms. The minimum Gasteiger partial charge on any atom is -0.347 e. The fourth-order valence-corrected chi connectivity index (χ4v) is 4.17. The van der Waals surface area contributed by atoms with E-state index in [1.807, 2.05) is 12.2 Å². The van der Waals surface area contributed by atoms with E-state index in [1.54, 1.807) is 0 Å². The summed E-state index contributed by atoms with van der Waals surface area (Å²) < 4.78 is 0. The van der Waals surface area contributed by atoms with Gasteiger partial charge in [0.05, 0.1) is 12.0 Å². The quantitative estimate of drug-likeness (QED) is 0.803. The highest BCUT2D eigenvalue weighted by atomic mass is 16.2. The van der Waals surface area contributed by atoms with E-state index in [2.05, 4.69) is 40.2 Å². The summed E-state index contributed by atoms with van der Waals surface area (Å²) in [5.74, 6) is -0.0567. The fraction of sp³-hybridized carbons (Fsp3) is 0.588. The Morgan fingerprint density at radius 1 is 1.41 bits per heavy atom. The van der Waals surface area contributed by atoms with Crippen LogP contribution in [0.15, 0.2) is 45.4 Å². The standard InChI is InChI=1S/C17H22N4O/c1-20(2)9-10-21-13-7-3-5-11-15(13)16-12(18-19-17(11)22)6-4-8-14(16)21/h3,5,7,11-12,15H,4,6,8-10H2,1-2H3. The van der Waals surface area contributed by atoms with E-state index >= 15 is 0 Å². The van der Waals surface area contributed by atoms with Gasteiger partial charge in [0.15, 0.2) is 0 Å². The molecule has 0 aromatic heterocycles. The van der Waals surface area contributed by atoms with Crippen LogP contribution in [-0.4, -0.2) is 48.9 Å². The number of azo groups is 1. The van der Waals surface area contributed by atoms with Crippen LogP contribution in [0.5, 0.6) is 0 Å². The molecule has 116 valence electrons. The molecule has 5 nitrogen and oxygen atoms in total. The highest BCUT2D eigenvalue weighted by molar-refractivity contribution is 5.83. The first-order valence-corrected chi connectivity index (χ1v) is 8.15. The van der Waals surface area contributed by atoms with Crippen LogP contribution in [0.25, 0.3) is 0 Å². The summed E-state index contributed by atoms with van der Waals surface area (Å²) in [5, 5.41) is 8.37. The first-order valence-electron chi connectivity index (χ1n) is 8.15. The topological polar surface area (TPSA) is 48.3 Å². The molecule has 4 rings (SSSR count). The monoisotopic (exact) mass is 298 g/mol. The van der Waals surface area contributed by atoms with E-state index in [0.29, 0.717) is 0 Å². The smallest absolute Gasteiger partial charge is 0.272 e. The molecule has 2 aliphatic carbocycles. The molecule has 3 unspecified atom stereocenters. The van der Waals surface area contributed by atoms with Gasteiger partial charge >= 0.3 is 0 Å². The van der Waals surface area contributed by atoms with Crippen molar-refractivity contribution in [3.63, 3.8) is 0 Å². The molecule has 0 saturated heterocycles. The number of rotatable bonds is 3. The Labute approximate surface area is 131 Å². The molecule has 0 fully saturated rings. The number of carbonyl (C=O) groups is 1. The number of carbonyl (C=O) groups excluding carboxylic acids is 1. The average Bonchev–Trinajstić information content (AvgIpc) is 2.76. The van der Waals surface area contributed by atoms with Crippen LogP contribution >= 0.6 is 0 Å². The third-order valence-electron chi connectivity index (χ3n) is 5.17. The van der Waals surface area contributed by atoms with Crippen LogP contribution in [0.2, 0.25) is 0 Å². The van der Waals surface area contributed by atoms with Crippen LogP contribution < -0.4 is 0 Å². The zero-order chi connectivity index (χ0) is 15.3. The van der Waals surface area contributed by atoms with Gasteiger partial charge in [-0.2, -0.15) is 5.11 Å². The Hall–Kier alpha value is -1.75. The number of likely N-dealkylation sites (N-methyl/N-ethyl adjacent to an activating group) is 1. The molecule has 0 radical (unpaired) electrons. The highest BCUT2D eigenvalue weighted by Crippen LogP contribution is 2.51.